The molecule has 12 N–H and O–H groups in total. The summed E-state index contributed by atoms with van der Waals surface area (Å²) in [4.78, 5) is 154. The minimum atomic E-state index is -1.47. The van der Waals surface area contributed by atoms with E-state index in [0.717, 1.165) is 9.80 Å². The number of nitrogens with zero attached hydrogens (tertiary/aromatic N) is 2. The van der Waals surface area contributed by atoms with Crippen molar-refractivity contribution in [3.05, 3.63) is 70.8 Å². The number of nitrogens with two attached hydrogens (primary N) is 2. The van der Waals surface area contributed by atoms with E-state index in [2.05, 4.69) is 10.6 Å². The summed E-state index contributed by atoms with van der Waals surface area (Å²) in [6, 6.07) is 11.2. The number of hydrogen-bond donors (Lipinski definition) is 10. The molecule has 0 unspecified atom stereocenters. The van der Waals surface area contributed by atoms with Gasteiger partial charge in [-0.25, -0.2) is 0 Å². The zero-order chi connectivity index (χ0) is 58.4. The molecule has 0 bridgehead atoms. The third kappa shape index (κ3) is 12.8. The molecule has 0 saturated carbocycles. The van der Waals surface area contributed by atoms with Gasteiger partial charge in [0.2, 0.25) is 11.8 Å². The van der Waals surface area contributed by atoms with E-state index in [-0.39, 0.29) is 112 Å². The molecule has 6 amide bonds. The fraction of sp³-hybridized carbons (Fsp3) is 0.429. The Balaban J connectivity index is 1.03. The zero-order valence-corrected chi connectivity index (χ0v) is 43.5. The van der Waals surface area contributed by atoms with Gasteiger partial charge in [-0.15, -0.1) is 0 Å². The molecule has 0 aliphatic carbocycles. The Hall–Kier alpha value is -8.64. The van der Waals surface area contributed by atoms with Gasteiger partial charge in [-0.1, -0.05) is 24.3 Å². The standard InChI is InChI=1S/C56H62N6O18/c57-37(49(75)59-55(21-15-39(63)64,22-16-40(65)66)23-17-41(67)68)5-1-3-27-61-51(77)33-11-7-29-31-9-13-35-48-36(14-10-32(46(31)48)30-8-12-34(52(61)78)47(33)45(29)30)54(80)62(53(35)79)28-4-2-6-38(58)50(76)60-56(24-18-42(69)70,25-19-43(71)72)26-20-44(73)74/h7-14,37-38H,1-6,15-28,57-58H2,(H,59,75)(H,60,76)(H,63,64)(H,65,66)(H,67,68)(H,69,70)(H,71,72)(H,73,74)/t37-,38-/m1/s1. The highest BCUT2D eigenvalue weighted by molar-refractivity contribution is 6.41. The number of rotatable bonds is 32. The number of amides is 6. The molecule has 0 radical (unpaired) electrons. The van der Waals surface area contributed by atoms with Crippen LogP contribution in [0.2, 0.25) is 0 Å². The van der Waals surface area contributed by atoms with Crippen LogP contribution in [-0.2, 0) is 38.4 Å². The van der Waals surface area contributed by atoms with Crippen LogP contribution >= 0.6 is 0 Å². The van der Waals surface area contributed by atoms with E-state index in [1.807, 2.05) is 0 Å². The molecular formula is C56H62N6O18. The lowest BCUT2D eigenvalue weighted by Crippen LogP contribution is -2.54. The highest BCUT2D eigenvalue weighted by Gasteiger charge is 2.39. The van der Waals surface area contributed by atoms with Crippen LogP contribution in [0.15, 0.2) is 48.5 Å². The third-order valence-corrected chi connectivity index (χ3v) is 15.5. The van der Waals surface area contributed by atoms with Crippen molar-refractivity contribution in [2.45, 2.75) is 139 Å². The highest BCUT2D eigenvalue weighted by atomic mass is 16.4. The largest absolute Gasteiger partial charge is 0.481 e. The SMILES string of the molecule is N[C@H](CCCCN1C(=O)c2ccc3c4ccc5c6c(ccc(c7ccc(c2c37)C1=O)c64)C(=O)N(CCCC[C@@H](N)C(=O)NC(CCC(=O)O)(CCC(=O)O)CCC(=O)O)C5=O)C(=O)NC(CCC(=O)O)(CCC(=O)O)CCC(=O)O. The first kappa shape index (κ1) is 59.0. The number of carboxylic acids is 6. The van der Waals surface area contributed by atoms with Gasteiger partial charge < -0.3 is 52.7 Å². The molecule has 0 spiro atoms. The van der Waals surface area contributed by atoms with Crippen LogP contribution in [-0.4, -0.2) is 148 Å². The van der Waals surface area contributed by atoms with Crippen molar-refractivity contribution in [3.8, 4) is 0 Å². The van der Waals surface area contributed by atoms with Gasteiger partial charge >= 0.3 is 35.8 Å². The van der Waals surface area contributed by atoms with Crippen LogP contribution < -0.4 is 22.1 Å². The van der Waals surface area contributed by atoms with Gasteiger partial charge in [0.1, 0.15) is 0 Å². The summed E-state index contributed by atoms with van der Waals surface area (Å²) in [7, 11) is 0. The van der Waals surface area contributed by atoms with Crippen LogP contribution in [0.1, 0.15) is 157 Å². The van der Waals surface area contributed by atoms with Crippen molar-refractivity contribution in [2.75, 3.05) is 13.1 Å². The van der Waals surface area contributed by atoms with E-state index < -0.39 is 133 Å². The maximum absolute atomic E-state index is 14.2. The number of aliphatic carboxylic acids is 6. The summed E-state index contributed by atoms with van der Waals surface area (Å²) >= 11 is 0. The molecular weight excluding hydrogens is 1040 g/mol. The van der Waals surface area contributed by atoms with Crippen LogP contribution in [0, 0.1) is 0 Å². The Morgan fingerprint density at radius 3 is 0.850 bits per heavy atom. The summed E-state index contributed by atoms with van der Waals surface area (Å²) in [5, 5.41) is 66.1. The Bertz CT molecular complexity index is 2940. The second-order valence-electron chi connectivity index (χ2n) is 20.8. The minimum Gasteiger partial charge on any atom is -0.481 e. The molecule has 24 nitrogen and oxygen atoms in total. The van der Waals surface area contributed by atoms with Crippen LogP contribution in [0.25, 0.3) is 43.1 Å². The molecule has 2 heterocycles. The maximum atomic E-state index is 14.2. The van der Waals surface area contributed by atoms with E-state index >= 15 is 0 Å². The van der Waals surface area contributed by atoms with Crippen molar-refractivity contribution < 1.29 is 88.2 Å². The molecule has 424 valence electrons. The van der Waals surface area contributed by atoms with Gasteiger partial charge in [0.15, 0.2) is 0 Å². The van der Waals surface area contributed by atoms with Crippen LogP contribution in [0.5, 0.6) is 0 Å². The van der Waals surface area contributed by atoms with E-state index in [0.29, 0.717) is 43.1 Å². The lowest BCUT2D eigenvalue weighted by atomic mass is 9.82. The van der Waals surface area contributed by atoms with Crippen molar-refractivity contribution in [2.24, 2.45) is 11.5 Å². The molecule has 0 aromatic heterocycles. The molecule has 0 fully saturated rings. The number of hydrogen-bond acceptors (Lipinski definition) is 14. The Kier molecular flexibility index (Phi) is 18.1. The number of carboxylic acid groups (broad SMARTS) is 6. The number of carbonyl (C=O) groups excluding carboxylic acids is 6. The molecule has 2 aliphatic rings. The van der Waals surface area contributed by atoms with Gasteiger partial charge in [0, 0.05) is 95.7 Å². The predicted molar refractivity (Wildman–Crippen MR) is 285 cm³/mol. The average molecular weight is 1110 g/mol. The molecule has 0 saturated heterocycles. The van der Waals surface area contributed by atoms with Crippen molar-refractivity contribution in [1.82, 2.24) is 20.4 Å². The number of nitrogens with one attached hydrogen (secondary N) is 2. The molecule has 5 aromatic rings. The summed E-state index contributed by atoms with van der Waals surface area (Å²) in [6.45, 7) is -0.0814. The van der Waals surface area contributed by atoms with E-state index in [1.165, 1.54) is 0 Å². The molecule has 2 atom stereocenters. The van der Waals surface area contributed by atoms with Crippen LogP contribution in [0.4, 0.5) is 0 Å². The third-order valence-electron chi connectivity index (χ3n) is 15.5. The summed E-state index contributed by atoms with van der Waals surface area (Å²) in [5.74, 6) is -11.0. The maximum Gasteiger partial charge on any atom is 0.303 e. The van der Waals surface area contributed by atoms with Gasteiger partial charge in [-0.05, 0) is 134 Å². The normalized spacial score (nSPS) is 14.3. The number of unbranched alkanes of at least 4 members (excludes halogenated alkanes) is 2. The number of fused-ring (bicyclic) bond motifs is 2. The quantitative estimate of drug-likeness (QED) is 0.0119. The van der Waals surface area contributed by atoms with Crippen molar-refractivity contribution in [1.29, 1.82) is 0 Å². The summed E-state index contributed by atoms with van der Waals surface area (Å²) in [6.07, 6.45) is -3.12. The Labute approximate surface area is 455 Å². The lowest BCUT2D eigenvalue weighted by Gasteiger charge is -2.35. The number of carbonyl (C=O) groups is 12. The van der Waals surface area contributed by atoms with Crippen molar-refractivity contribution in [3.63, 3.8) is 0 Å². The molecule has 2 aliphatic heterocycles. The fourth-order valence-corrected chi connectivity index (χ4v) is 11.2. The molecule has 80 heavy (non-hydrogen) atoms. The first-order chi connectivity index (χ1) is 37.9. The lowest BCUT2D eigenvalue weighted by molar-refractivity contribution is -0.141. The summed E-state index contributed by atoms with van der Waals surface area (Å²) < 4.78 is 0. The predicted octanol–water partition coefficient (Wildman–Crippen LogP) is 4.82. The molecule has 7 rings (SSSR count). The Morgan fingerprint density at radius 2 is 0.625 bits per heavy atom. The van der Waals surface area contributed by atoms with Gasteiger partial charge in [-0.3, -0.25) is 67.3 Å². The minimum absolute atomic E-state index is 0.0407. The average Bonchev–Trinajstić information content (AvgIpc) is 3.43. The number of benzene rings is 5. The second-order valence-corrected chi connectivity index (χ2v) is 20.8. The topological polar surface area (TPSA) is 409 Å². The second kappa shape index (κ2) is 24.6. The van der Waals surface area contributed by atoms with Crippen LogP contribution in [0.3, 0.4) is 0 Å². The smallest absolute Gasteiger partial charge is 0.303 e. The van der Waals surface area contributed by atoms with Gasteiger partial charge in [-0.2, -0.15) is 0 Å². The fourth-order valence-electron chi connectivity index (χ4n) is 11.2. The zero-order valence-electron chi connectivity index (χ0n) is 43.5. The first-order valence-corrected chi connectivity index (χ1v) is 26.3. The highest BCUT2D eigenvalue weighted by Crippen LogP contribution is 2.46. The Morgan fingerprint density at radius 1 is 0.388 bits per heavy atom. The van der Waals surface area contributed by atoms with Crippen molar-refractivity contribution >= 4 is 114 Å². The molecule has 5 aromatic carbocycles. The first-order valence-electron chi connectivity index (χ1n) is 26.3. The van der Waals surface area contributed by atoms with E-state index in [4.69, 9.17) is 11.5 Å². The summed E-state index contributed by atoms with van der Waals surface area (Å²) in [5.41, 5.74) is 10.6. The molecule has 24 heteroatoms. The van der Waals surface area contributed by atoms with Gasteiger partial charge in [0.25, 0.3) is 23.6 Å². The van der Waals surface area contributed by atoms with E-state index in [1.54, 1.807) is 48.5 Å². The van der Waals surface area contributed by atoms with Gasteiger partial charge in [0.05, 0.1) is 12.1 Å². The number of imide groups is 2. The van der Waals surface area contributed by atoms with E-state index in [9.17, 15) is 88.2 Å². The monoisotopic (exact) mass is 1110 g/mol.